The fraction of sp³-hybridized carbons (Fsp3) is 0.238. The molecule has 5 nitrogen and oxygen atoms in total. The number of nitrogens with one attached hydrogen (secondary N) is 1. The number of halogens is 2. The summed E-state index contributed by atoms with van der Waals surface area (Å²) < 4.78 is 27.6. The first-order valence-corrected chi connectivity index (χ1v) is 9.03. The average molecular weight is 381 g/mol. The van der Waals surface area contributed by atoms with Gasteiger partial charge in [-0.05, 0) is 37.6 Å². The van der Waals surface area contributed by atoms with Crippen molar-refractivity contribution in [3.8, 4) is 0 Å². The minimum atomic E-state index is -0.941. The second-order valence-corrected chi connectivity index (χ2v) is 7.73. The molecule has 5 rings (SSSR count). The number of rotatable bonds is 1. The van der Waals surface area contributed by atoms with E-state index in [0.717, 1.165) is 39.2 Å². The van der Waals surface area contributed by atoms with Gasteiger partial charge in [0.05, 0.1) is 11.2 Å². The van der Waals surface area contributed by atoms with Crippen LogP contribution in [0.1, 0.15) is 25.1 Å². The Kier molecular flexibility index (Phi) is 3.27. The molecule has 1 fully saturated rings. The normalized spacial score (nSPS) is 20.6. The van der Waals surface area contributed by atoms with Crippen molar-refractivity contribution in [3.63, 3.8) is 0 Å². The van der Waals surface area contributed by atoms with Crippen molar-refractivity contribution in [1.82, 2.24) is 9.88 Å². The highest BCUT2D eigenvalue weighted by atomic mass is 19.1. The number of fused-ring (bicyclic) bond motifs is 4. The number of carbonyl (C=O) groups is 2. The van der Waals surface area contributed by atoms with E-state index >= 15 is 0 Å². The smallest absolute Gasteiger partial charge is 0.332 e. The summed E-state index contributed by atoms with van der Waals surface area (Å²) in [5, 5.41) is 1.01. The summed E-state index contributed by atoms with van der Waals surface area (Å²) in [5.74, 6) is -2.21. The van der Waals surface area contributed by atoms with Crippen molar-refractivity contribution in [2.24, 2.45) is 0 Å². The zero-order valence-corrected chi connectivity index (χ0v) is 15.3. The first-order chi connectivity index (χ1) is 13.3. The Morgan fingerprint density at radius 1 is 1.11 bits per heavy atom. The Labute approximate surface area is 159 Å². The summed E-state index contributed by atoms with van der Waals surface area (Å²) in [6.07, 6.45) is 0.340. The molecular weight excluding hydrogens is 364 g/mol. The van der Waals surface area contributed by atoms with E-state index in [1.807, 2.05) is 38.1 Å². The molecule has 0 radical (unpaired) electrons. The molecule has 0 spiro atoms. The van der Waals surface area contributed by atoms with Crippen molar-refractivity contribution in [3.05, 3.63) is 65.4 Å². The second kappa shape index (κ2) is 5.41. The molecule has 0 bridgehead atoms. The van der Waals surface area contributed by atoms with Crippen LogP contribution in [-0.4, -0.2) is 27.9 Å². The van der Waals surface area contributed by atoms with Crippen LogP contribution in [0.15, 0.2) is 42.5 Å². The summed E-state index contributed by atoms with van der Waals surface area (Å²) in [4.78, 5) is 32.0. The van der Waals surface area contributed by atoms with Crippen LogP contribution in [0, 0.1) is 11.6 Å². The average Bonchev–Trinajstić information content (AvgIpc) is 3.13. The van der Waals surface area contributed by atoms with Crippen LogP contribution in [0.5, 0.6) is 0 Å². The Hall–Kier alpha value is -3.22. The third-order valence-corrected chi connectivity index (χ3v) is 5.79. The predicted molar refractivity (Wildman–Crippen MR) is 99.9 cm³/mol. The van der Waals surface area contributed by atoms with E-state index in [-0.39, 0.29) is 5.69 Å². The summed E-state index contributed by atoms with van der Waals surface area (Å²) >= 11 is 0. The zero-order valence-electron chi connectivity index (χ0n) is 15.3. The molecule has 28 heavy (non-hydrogen) atoms. The molecule has 1 N–H and O–H groups in total. The number of H-pyrrole nitrogens is 1. The molecule has 3 heterocycles. The lowest BCUT2D eigenvalue weighted by atomic mass is 9.85. The van der Waals surface area contributed by atoms with E-state index in [0.29, 0.717) is 12.5 Å². The number of hydrogen-bond acceptors (Lipinski definition) is 2. The van der Waals surface area contributed by atoms with Crippen LogP contribution >= 0.6 is 0 Å². The summed E-state index contributed by atoms with van der Waals surface area (Å²) in [5.41, 5.74) is 1.78. The number of benzene rings is 2. The standard InChI is InChI=1S/C21H17F2N3O2/c1-21(2)18-13(12-5-3-4-6-15(12)24-18)10-17-19(27)25(20(28)26(17)21)16-8-7-11(22)9-14(16)23/h3-9,17,24H,10H2,1-2H3/t17-/m1/s1. The maximum atomic E-state index is 14.3. The highest BCUT2D eigenvalue weighted by Crippen LogP contribution is 2.45. The third kappa shape index (κ3) is 2.04. The van der Waals surface area contributed by atoms with Crippen molar-refractivity contribution in [2.75, 3.05) is 4.90 Å². The Morgan fingerprint density at radius 3 is 2.61 bits per heavy atom. The molecule has 7 heteroatoms. The zero-order chi connectivity index (χ0) is 19.8. The number of carbonyl (C=O) groups excluding carboxylic acids is 2. The molecule has 0 saturated carbocycles. The number of para-hydroxylation sites is 1. The molecule has 3 amide bonds. The van der Waals surface area contributed by atoms with Crippen LogP contribution < -0.4 is 4.90 Å². The van der Waals surface area contributed by atoms with Gasteiger partial charge in [0.1, 0.15) is 17.7 Å². The SMILES string of the molecule is CC1(C)c2[nH]c3ccccc3c2C[C@@H]2C(=O)N(c3ccc(F)cc3F)C(=O)N21. The quantitative estimate of drug-likeness (QED) is 0.646. The lowest BCUT2D eigenvalue weighted by Gasteiger charge is -2.42. The molecule has 2 aliphatic heterocycles. The van der Waals surface area contributed by atoms with Gasteiger partial charge >= 0.3 is 6.03 Å². The number of nitrogens with zero attached hydrogens (tertiary/aromatic N) is 2. The van der Waals surface area contributed by atoms with Crippen molar-refractivity contribution >= 4 is 28.5 Å². The van der Waals surface area contributed by atoms with Gasteiger partial charge in [-0.25, -0.2) is 18.5 Å². The van der Waals surface area contributed by atoms with Gasteiger partial charge < -0.3 is 9.88 Å². The van der Waals surface area contributed by atoms with Crippen LogP contribution in [0.25, 0.3) is 10.9 Å². The third-order valence-electron chi connectivity index (χ3n) is 5.79. The molecule has 1 aromatic heterocycles. The lowest BCUT2D eigenvalue weighted by Crippen LogP contribution is -2.52. The fourth-order valence-corrected chi connectivity index (χ4v) is 4.53. The Balaban J connectivity index is 1.66. The lowest BCUT2D eigenvalue weighted by molar-refractivity contribution is -0.121. The van der Waals surface area contributed by atoms with Gasteiger partial charge in [0.25, 0.3) is 5.91 Å². The molecule has 1 saturated heterocycles. The summed E-state index contributed by atoms with van der Waals surface area (Å²) in [6, 6.07) is 9.29. The molecule has 2 aromatic carbocycles. The van der Waals surface area contributed by atoms with Gasteiger partial charge in [0, 0.05) is 29.1 Å². The predicted octanol–water partition coefficient (Wildman–Crippen LogP) is 4.07. The highest BCUT2D eigenvalue weighted by Gasteiger charge is 2.56. The van der Waals surface area contributed by atoms with Crippen molar-refractivity contribution < 1.29 is 18.4 Å². The first-order valence-electron chi connectivity index (χ1n) is 9.03. The molecule has 0 aliphatic carbocycles. The number of anilines is 1. The van der Waals surface area contributed by atoms with Crippen molar-refractivity contribution in [1.29, 1.82) is 0 Å². The van der Waals surface area contributed by atoms with E-state index < -0.39 is 35.2 Å². The van der Waals surface area contributed by atoms with Gasteiger partial charge in [0.2, 0.25) is 0 Å². The number of aromatic amines is 1. The fourth-order valence-electron chi connectivity index (χ4n) is 4.53. The number of amides is 3. The molecule has 2 aliphatic rings. The number of imide groups is 1. The van der Waals surface area contributed by atoms with E-state index in [9.17, 15) is 18.4 Å². The Morgan fingerprint density at radius 2 is 1.86 bits per heavy atom. The minimum absolute atomic E-state index is 0.227. The highest BCUT2D eigenvalue weighted by molar-refractivity contribution is 6.22. The molecule has 3 aromatic rings. The Bertz CT molecular complexity index is 1170. The van der Waals surface area contributed by atoms with Crippen LogP contribution in [0.3, 0.4) is 0 Å². The van der Waals surface area contributed by atoms with Gasteiger partial charge in [-0.2, -0.15) is 0 Å². The van der Waals surface area contributed by atoms with E-state index in [2.05, 4.69) is 4.98 Å². The van der Waals surface area contributed by atoms with E-state index in [4.69, 9.17) is 0 Å². The monoisotopic (exact) mass is 381 g/mol. The van der Waals surface area contributed by atoms with Gasteiger partial charge in [-0.1, -0.05) is 18.2 Å². The number of aromatic nitrogens is 1. The van der Waals surface area contributed by atoms with Crippen molar-refractivity contribution in [2.45, 2.75) is 31.8 Å². The molecular formula is C21H17F2N3O2. The first kappa shape index (κ1) is 16.9. The van der Waals surface area contributed by atoms with Gasteiger partial charge in [-0.3, -0.25) is 4.79 Å². The largest absolute Gasteiger partial charge is 0.356 e. The van der Waals surface area contributed by atoms with E-state index in [1.54, 1.807) is 0 Å². The number of urea groups is 1. The second-order valence-electron chi connectivity index (χ2n) is 7.73. The maximum Gasteiger partial charge on any atom is 0.332 e. The maximum absolute atomic E-state index is 14.3. The minimum Gasteiger partial charge on any atom is -0.356 e. The molecule has 0 unspecified atom stereocenters. The molecule has 1 atom stereocenters. The van der Waals surface area contributed by atoms with Crippen LogP contribution in [-0.2, 0) is 16.8 Å². The summed E-state index contributed by atoms with van der Waals surface area (Å²) in [6.45, 7) is 3.73. The van der Waals surface area contributed by atoms with Crippen LogP contribution in [0.4, 0.5) is 19.3 Å². The van der Waals surface area contributed by atoms with Gasteiger partial charge in [0.15, 0.2) is 0 Å². The summed E-state index contributed by atoms with van der Waals surface area (Å²) in [7, 11) is 0. The van der Waals surface area contributed by atoms with E-state index in [1.165, 1.54) is 4.90 Å². The topological polar surface area (TPSA) is 56.4 Å². The molecule has 142 valence electrons. The number of hydrogen-bond donors (Lipinski definition) is 1. The van der Waals surface area contributed by atoms with Gasteiger partial charge in [-0.15, -0.1) is 0 Å². The van der Waals surface area contributed by atoms with Crippen LogP contribution in [0.2, 0.25) is 0 Å².